The molecule has 0 bridgehead atoms. The summed E-state index contributed by atoms with van der Waals surface area (Å²) >= 11 is 5.81. The van der Waals surface area contributed by atoms with Crippen molar-refractivity contribution in [3.05, 3.63) is 64.7 Å². The van der Waals surface area contributed by atoms with Crippen LogP contribution in [0.3, 0.4) is 0 Å². The predicted octanol–water partition coefficient (Wildman–Crippen LogP) is 3.05. The largest absolute Gasteiger partial charge is 0.334 e. The van der Waals surface area contributed by atoms with Gasteiger partial charge in [0, 0.05) is 30.8 Å². The standard InChI is InChI=1S/C17H20ClN3O3S/c1-21(25(2,23)24)12-14-5-9-16(10-6-14)20-17(22)19-11-13-3-7-15(18)8-4-13/h3-10H,11-12H2,1-2H3,(H2,19,20,22). The van der Waals surface area contributed by atoms with E-state index in [1.807, 2.05) is 12.1 Å². The van der Waals surface area contributed by atoms with Gasteiger partial charge >= 0.3 is 6.03 Å². The SMILES string of the molecule is CN(Cc1ccc(NC(=O)NCc2ccc(Cl)cc2)cc1)S(C)(=O)=O. The monoisotopic (exact) mass is 381 g/mol. The number of halogens is 1. The number of urea groups is 1. The fourth-order valence-corrected chi connectivity index (χ4v) is 2.54. The molecular formula is C17H20ClN3O3S. The molecule has 0 aromatic heterocycles. The van der Waals surface area contributed by atoms with Crippen molar-refractivity contribution in [1.29, 1.82) is 0 Å². The molecule has 2 N–H and O–H groups in total. The molecule has 0 atom stereocenters. The molecule has 0 saturated carbocycles. The second-order valence-electron chi connectivity index (χ2n) is 5.65. The summed E-state index contributed by atoms with van der Waals surface area (Å²) in [6.07, 6.45) is 1.16. The minimum absolute atomic E-state index is 0.280. The van der Waals surface area contributed by atoms with E-state index in [2.05, 4.69) is 10.6 Å². The van der Waals surface area contributed by atoms with Crippen molar-refractivity contribution in [3.63, 3.8) is 0 Å². The van der Waals surface area contributed by atoms with Gasteiger partial charge in [-0.05, 0) is 35.4 Å². The lowest BCUT2D eigenvalue weighted by molar-refractivity contribution is 0.251. The van der Waals surface area contributed by atoms with Crippen molar-refractivity contribution in [2.45, 2.75) is 13.1 Å². The molecule has 2 aromatic carbocycles. The number of nitrogens with zero attached hydrogens (tertiary/aromatic N) is 1. The van der Waals surface area contributed by atoms with Crippen LogP contribution in [-0.4, -0.2) is 32.1 Å². The fourth-order valence-electron chi connectivity index (χ4n) is 2.03. The zero-order valence-electron chi connectivity index (χ0n) is 14.0. The molecule has 0 heterocycles. The number of hydrogen-bond donors (Lipinski definition) is 2. The normalized spacial score (nSPS) is 11.4. The van der Waals surface area contributed by atoms with Crippen molar-refractivity contribution in [2.24, 2.45) is 0 Å². The van der Waals surface area contributed by atoms with Gasteiger partial charge in [0.25, 0.3) is 0 Å². The third-order valence-electron chi connectivity index (χ3n) is 3.55. The van der Waals surface area contributed by atoms with Gasteiger partial charge in [-0.3, -0.25) is 0 Å². The molecule has 25 heavy (non-hydrogen) atoms. The second kappa shape index (κ2) is 8.33. The molecule has 0 radical (unpaired) electrons. The first-order valence-electron chi connectivity index (χ1n) is 7.53. The number of carbonyl (C=O) groups excluding carboxylic acids is 1. The number of nitrogens with one attached hydrogen (secondary N) is 2. The maximum Gasteiger partial charge on any atom is 0.319 e. The van der Waals surface area contributed by atoms with Gasteiger partial charge in [0.2, 0.25) is 10.0 Å². The summed E-state index contributed by atoms with van der Waals surface area (Å²) in [6.45, 7) is 0.669. The summed E-state index contributed by atoms with van der Waals surface area (Å²) in [5, 5.41) is 6.13. The van der Waals surface area contributed by atoms with E-state index < -0.39 is 10.0 Å². The predicted molar refractivity (Wildman–Crippen MR) is 100 cm³/mol. The van der Waals surface area contributed by atoms with Crippen LogP contribution >= 0.6 is 11.6 Å². The number of benzene rings is 2. The molecule has 0 spiro atoms. The van der Waals surface area contributed by atoms with E-state index in [9.17, 15) is 13.2 Å². The highest BCUT2D eigenvalue weighted by molar-refractivity contribution is 7.88. The van der Waals surface area contributed by atoms with Gasteiger partial charge in [-0.15, -0.1) is 0 Å². The molecule has 2 amide bonds. The van der Waals surface area contributed by atoms with Gasteiger partial charge in [0.05, 0.1) is 6.26 Å². The lowest BCUT2D eigenvalue weighted by Crippen LogP contribution is -2.28. The van der Waals surface area contributed by atoms with E-state index in [0.29, 0.717) is 17.3 Å². The minimum Gasteiger partial charge on any atom is -0.334 e. The van der Waals surface area contributed by atoms with Crippen molar-refractivity contribution >= 4 is 33.3 Å². The summed E-state index contributed by atoms with van der Waals surface area (Å²) in [7, 11) is -1.70. The molecule has 0 unspecified atom stereocenters. The minimum atomic E-state index is -3.22. The Kier molecular flexibility index (Phi) is 6.41. The Morgan fingerprint density at radius 3 is 2.16 bits per heavy atom. The Labute approximate surface area is 152 Å². The van der Waals surface area contributed by atoms with Gasteiger partial charge in [0.15, 0.2) is 0 Å². The number of rotatable bonds is 6. The summed E-state index contributed by atoms with van der Waals surface area (Å²) < 4.78 is 24.1. The topological polar surface area (TPSA) is 78.5 Å². The van der Waals surface area contributed by atoms with Crippen LogP contribution < -0.4 is 10.6 Å². The third-order valence-corrected chi connectivity index (χ3v) is 5.06. The van der Waals surface area contributed by atoms with E-state index in [4.69, 9.17) is 11.6 Å². The summed E-state index contributed by atoms with van der Waals surface area (Å²) in [5.41, 5.74) is 2.40. The van der Waals surface area contributed by atoms with E-state index in [0.717, 1.165) is 17.4 Å². The van der Waals surface area contributed by atoms with Crippen LogP contribution in [0.4, 0.5) is 10.5 Å². The Bertz CT molecular complexity index is 821. The summed E-state index contributed by atoms with van der Waals surface area (Å²) in [5.74, 6) is 0. The molecular weight excluding hydrogens is 362 g/mol. The van der Waals surface area contributed by atoms with Crippen molar-refractivity contribution < 1.29 is 13.2 Å². The Morgan fingerprint density at radius 1 is 1.04 bits per heavy atom. The number of anilines is 1. The van der Waals surface area contributed by atoms with E-state index in [-0.39, 0.29) is 12.6 Å². The van der Waals surface area contributed by atoms with Gasteiger partial charge in [-0.2, -0.15) is 0 Å². The Hall–Kier alpha value is -2.09. The van der Waals surface area contributed by atoms with Crippen LogP contribution in [0.2, 0.25) is 5.02 Å². The number of carbonyl (C=O) groups is 1. The zero-order valence-corrected chi connectivity index (χ0v) is 15.6. The molecule has 0 aliphatic rings. The van der Waals surface area contributed by atoms with Crippen LogP contribution in [0.5, 0.6) is 0 Å². The van der Waals surface area contributed by atoms with Crippen LogP contribution in [0, 0.1) is 0 Å². The lowest BCUT2D eigenvalue weighted by Gasteiger charge is -2.14. The molecule has 0 fully saturated rings. The molecule has 0 aliphatic carbocycles. The van der Waals surface area contributed by atoms with Gasteiger partial charge in [0.1, 0.15) is 0 Å². The Morgan fingerprint density at radius 2 is 1.60 bits per heavy atom. The summed E-state index contributed by atoms with van der Waals surface area (Å²) in [6, 6.07) is 13.9. The van der Waals surface area contributed by atoms with Crippen molar-refractivity contribution in [2.75, 3.05) is 18.6 Å². The highest BCUT2D eigenvalue weighted by Gasteiger charge is 2.11. The first kappa shape index (κ1) is 19.2. The van der Waals surface area contributed by atoms with E-state index in [1.165, 1.54) is 11.4 Å². The molecule has 8 heteroatoms. The smallest absolute Gasteiger partial charge is 0.319 e. The third kappa shape index (κ3) is 6.38. The van der Waals surface area contributed by atoms with Gasteiger partial charge in [-0.1, -0.05) is 35.9 Å². The number of hydrogen-bond acceptors (Lipinski definition) is 3. The maximum absolute atomic E-state index is 11.9. The Balaban J connectivity index is 1.85. The van der Waals surface area contributed by atoms with Crippen molar-refractivity contribution in [3.8, 4) is 0 Å². The zero-order chi connectivity index (χ0) is 18.4. The molecule has 0 saturated heterocycles. The molecule has 0 aliphatic heterocycles. The molecule has 134 valence electrons. The van der Waals surface area contributed by atoms with E-state index in [1.54, 1.807) is 36.4 Å². The van der Waals surface area contributed by atoms with Crippen LogP contribution in [-0.2, 0) is 23.1 Å². The number of amides is 2. The van der Waals surface area contributed by atoms with Crippen LogP contribution in [0.15, 0.2) is 48.5 Å². The second-order valence-corrected chi connectivity index (χ2v) is 8.18. The summed E-state index contributed by atoms with van der Waals surface area (Å²) in [4.78, 5) is 11.9. The number of sulfonamides is 1. The first-order chi connectivity index (χ1) is 11.7. The van der Waals surface area contributed by atoms with Crippen molar-refractivity contribution in [1.82, 2.24) is 9.62 Å². The van der Waals surface area contributed by atoms with Crippen LogP contribution in [0.1, 0.15) is 11.1 Å². The average Bonchev–Trinajstić information content (AvgIpc) is 2.55. The van der Waals surface area contributed by atoms with E-state index >= 15 is 0 Å². The van der Waals surface area contributed by atoms with Gasteiger partial charge < -0.3 is 10.6 Å². The fraction of sp³-hybridized carbons (Fsp3) is 0.235. The average molecular weight is 382 g/mol. The molecule has 2 aromatic rings. The quantitative estimate of drug-likeness (QED) is 0.807. The lowest BCUT2D eigenvalue weighted by atomic mass is 10.2. The highest BCUT2D eigenvalue weighted by Crippen LogP contribution is 2.12. The molecule has 6 nitrogen and oxygen atoms in total. The first-order valence-corrected chi connectivity index (χ1v) is 9.76. The highest BCUT2D eigenvalue weighted by atomic mass is 35.5. The maximum atomic E-state index is 11.9. The van der Waals surface area contributed by atoms with Crippen LogP contribution in [0.25, 0.3) is 0 Å². The molecule has 2 rings (SSSR count). The van der Waals surface area contributed by atoms with Gasteiger partial charge in [-0.25, -0.2) is 17.5 Å².